The summed E-state index contributed by atoms with van der Waals surface area (Å²) in [7, 11) is 1.37. The van der Waals surface area contributed by atoms with Crippen molar-refractivity contribution in [3.63, 3.8) is 0 Å². The van der Waals surface area contributed by atoms with Crippen LogP contribution >= 0.6 is 23.2 Å². The minimum absolute atomic E-state index is 0.412. The van der Waals surface area contributed by atoms with Crippen LogP contribution in [0.5, 0.6) is 0 Å². The lowest BCUT2D eigenvalue weighted by atomic mass is 10.3. The first-order valence-electron chi connectivity index (χ1n) is 3.95. The molecule has 0 aliphatic carbocycles. The lowest BCUT2D eigenvalue weighted by molar-refractivity contribution is 0.177. The Labute approximate surface area is 96.7 Å². The maximum Gasteiger partial charge on any atom is 0.412 e. The van der Waals surface area contributed by atoms with Gasteiger partial charge in [0.15, 0.2) is 0 Å². The van der Waals surface area contributed by atoms with Crippen molar-refractivity contribution in [1.82, 2.24) is 4.90 Å². The van der Waals surface area contributed by atoms with E-state index in [4.69, 9.17) is 28.3 Å². The molecule has 0 aliphatic heterocycles. The van der Waals surface area contributed by atoms with Crippen LogP contribution in [0.25, 0.3) is 0 Å². The van der Waals surface area contributed by atoms with Crippen LogP contribution < -0.4 is 0 Å². The Morgan fingerprint density at radius 3 is 2.80 bits per heavy atom. The summed E-state index contributed by atoms with van der Waals surface area (Å²) in [6.45, 7) is 0. The first-order valence-corrected chi connectivity index (χ1v) is 4.71. The maximum atomic E-state index is 10.4. The summed E-state index contributed by atoms with van der Waals surface area (Å²) in [5.74, 6) is 0. The summed E-state index contributed by atoms with van der Waals surface area (Å²) in [6, 6.07) is 4.78. The average Bonchev–Trinajstić information content (AvgIpc) is 2.18. The molecule has 0 atom stereocenters. The van der Waals surface area contributed by atoms with E-state index in [0.717, 1.165) is 11.2 Å². The number of amides is 1. The molecule has 4 nitrogen and oxygen atoms in total. The van der Waals surface area contributed by atoms with E-state index in [1.54, 1.807) is 18.2 Å². The lowest BCUT2D eigenvalue weighted by Crippen LogP contribution is -2.22. The van der Waals surface area contributed by atoms with Gasteiger partial charge < -0.3 is 5.11 Å². The van der Waals surface area contributed by atoms with Gasteiger partial charge in [0.1, 0.15) is 6.34 Å². The van der Waals surface area contributed by atoms with E-state index in [1.807, 2.05) is 0 Å². The minimum Gasteiger partial charge on any atom is -0.465 e. The quantitative estimate of drug-likeness (QED) is 0.644. The molecule has 0 heterocycles. The average molecular weight is 247 g/mol. The summed E-state index contributed by atoms with van der Waals surface area (Å²) >= 11 is 11.6. The van der Waals surface area contributed by atoms with E-state index in [2.05, 4.69) is 4.99 Å². The van der Waals surface area contributed by atoms with Crippen molar-refractivity contribution in [2.24, 2.45) is 4.99 Å². The Bertz CT molecular complexity index is 407. The summed E-state index contributed by atoms with van der Waals surface area (Å²) in [5.41, 5.74) is 0.428. The highest BCUT2D eigenvalue weighted by Gasteiger charge is 2.02. The molecule has 0 aromatic heterocycles. The van der Waals surface area contributed by atoms with Crippen LogP contribution in [-0.2, 0) is 0 Å². The fourth-order valence-electron chi connectivity index (χ4n) is 0.783. The van der Waals surface area contributed by atoms with Crippen molar-refractivity contribution in [2.75, 3.05) is 7.05 Å². The molecule has 80 valence electrons. The van der Waals surface area contributed by atoms with Gasteiger partial charge in [-0.25, -0.2) is 9.79 Å². The normalized spacial score (nSPS) is 10.6. The number of rotatable bonds is 2. The number of carboxylic acid groups (broad SMARTS) is 1. The van der Waals surface area contributed by atoms with Gasteiger partial charge in [0.2, 0.25) is 0 Å². The Hall–Kier alpha value is -1.26. The number of halogens is 2. The zero-order valence-electron chi connectivity index (χ0n) is 7.82. The third kappa shape index (κ3) is 3.42. The second kappa shape index (κ2) is 5.00. The van der Waals surface area contributed by atoms with Gasteiger partial charge in [-0.2, -0.15) is 0 Å². The molecule has 1 N–H and O–H groups in total. The van der Waals surface area contributed by atoms with Gasteiger partial charge in [0, 0.05) is 12.1 Å². The Morgan fingerprint density at radius 1 is 1.53 bits per heavy atom. The lowest BCUT2D eigenvalue weighted by Gasteiger charge is -2.05. The molecule has 1 amide bonds. The van der Waals surface area contributed by atoms with Crippen LogP contribution in [0.3, 0.4) is 0 Å². The zero-order valence-corrected chi connectivity index (χ0v) is 9.33. The van der Waals surface area contributed by atoms with Crippen LogP contribution in [0.1, 0.15) is 0 Å². The largest absolute Gasteiger partial charge is 0.465 e. The molecule has 1 rings (SSSR count). The Kier molecular flexibility index (Phi) is 3.94. The topological polar surface area (TPSA) is 52.9 Å². The van der Waals surface area contributed by atoms with E-state index < -0.39 is 6.09 Å². The first kappa shape index (κ1) is 11.8. The predicted octanol–water partition coefficient (Wildman–Crippen LogP) is 3.26. The maximum absolute atomic E-state index is 10.4. The van der Waals surface area contributed by atoms with E-state index in [1.165, 1.54) is 7.05 Å². The first-order chi connectivity index (χ1) is 7.00. The van der Waals surface area contributed by atoms with E-state index in [-0.39, 0.29) is 0 Å². The third-order valence-electron chi connectivity index (χ3n) is 1.58. The molecule has 0 saturated carbocycles. The number of carbonyl (C=O) groups is 1. The SMILES string of the molecule is CN(C=Nc1cc(Cl)ccc1Cl)C(=O)O. The highest BCUT2D eigenvalue weighted by atomic mass is 35.5. The van der Waals surface area contributed by atoms with Crippen molar-refractivity contribution in [2.45, 2.75) is 0 Å². The standard InChI is InChI=1S/C9H8Cl2N2O2/c1-13(9(14)15)5-12-8-4-6(10)2-3-7(8)11/h2-5H,1H3,(H,14,15). The van der Waals surface area contributed by atoms with E-state index in [0.29, 0.717) is 15.7 Å². The number of hydrogen-bond donors (Lipinski definition) is 1. The van der Waals surface area contributed by atoms with Crippen molar-refractivity contribution >= 4 is 41.3 Å². The molecule has 0 saturated heterocycles. The minimum atomic E-state index is -1.10. The molecular formula is C9H8Cl2N2O2. The predicted molar refractivity (Wildman–Crippen MR) is 60.4 cm³/mol. The molecular weight excluding hydrogens is 239 g/mol. The highest BCUT2D eigenvalue weighted by Crippen LogP contribution is 2.27. The van der Waals surface area contributed by atoms with Crippen LogP contribution in [0, 0.1) is 0 Å². The fraction of sp³-hybridized carbons (Fsp3) is 0.111. The molecule has 6 heteroatoms. The summed E-state index contributed by atoms with van der Waals surface area (Å²) in [6.07, 6.45) is 0.0526. The van der Waals surface area contributed by atoms with Gasteiger partial charge >= 0.3 is 6.09 Å². The van der Waals surface area contributed by atoms with Crippen molar-refractivity contribution in [3.8, 4) is 0 Å². The van der Waals surface area contributed by atoms with Crippen molar-refractivity contribution < 1.29 is 9.90 Å². The summed E-state index contributed by atoms with van der Waals surface area (Å²) in [5, 5.41) is 9.46. The summed E-state index contributed by atoms with van der Waals surface area (Å²) < 4.78 is 0. The number of benzene rings is 1. The molecule has 0 spiro atoms. The molecule has 0 unspecified atom stereocenters. The van der Waals surface area contributed by atoms with E-state index in [9.17, 15) is 4.79 Å². The molecule has 0 bridgehead atoms. The Morgan fingerprint density at radius 2 is 2.20 bits per heavy atom. The van der Waals surface area contributed by atoms with Gasteiger partial charge in [-0.3, -0.25) is 4.90 Å². The van der Waals surface area contributed by atoms with Gasteiger partial charge in [0.05, 0.1) is 10.7 Å². The van der Waals surface area contributed by atoms with Gasteiger partial charge in [-0.05, 0) is 18.2 Å². The number of aliphatic imine (C=N–C) groups is 1. The second-order valence-corrected chi connectivity index (χ2v) is 3.58. The number of hydrogen-bond acceptors (Lipinski definition) is 2. The highest BCUT2D eigenvalue weighted by molar-refractivity contribution is 6.35. The molecule has 15 heavy (non-hydrogen) atoms. The molecule has 0 radical (unpaired) electrons. The van der Waals surface area contributed by atoms with Crippen LogP contribution in [0.15, 0.2) is 23.2 Å². The van der Waals surface area contributed by atoms with Crippen molar-refractivity contribution in [1.29, 1.82) is 0 Å². The second-order valence-electron chi connectivity index (χ2n) is 2.73. The molecule has 1 aromatic rings. The van der Waals surface area contributed by atoms with Gasteiger partial charge in [-0.15, -0.1) is 0 Å². The van der Waals surface area contributed by atoms with Crippen LogP contribution in [0.4, 0.5) is 10.5 Å². The third-order valence-corrected chi connectivity index (χ3v) is 2.13. The van der Waals surface area contributed by atoms with Gasteiger partial charge in [0.25, 0.3) is 0 Å². The fourth-order valence-corrected chi connectivity index (χ4v) is 1.12. The molecule has 1 aromatic carbocycles. The zero-order chi connectivity index (χ0) is 11.4. The van der Waals surface area contributed by atoms with E-state index >= 15 is 0 Å². The summed E-state index contributed by atoms with van der Waals surface area (Å²) in [4.78, 5) is 15.3. The van der Waals surface area contributed by atoms with Gasteiger partial charge in [-0.1, -0.05) is 23.2 Å². The Balaban J connectivity index is 2.89. The smallest absolute Gasteiger partial charge is 0.412 e. The molecule has 0 fully saturated rings. The van der Waals surface area contributed by atoms with Crippen molar-refractivity contribution in [3.05, 3.63) is 28.2 Å². The monoisotopic (exact) mass is 246 g/mol. The molecule has 0 aliphatic rings. The number of nitrogens with zero attached hydrogens (tertiary/aromatic N) is 2. The van der Waals surface area contributed by atoms with Crippen LogP contribution in [-0.4, -0.2) is 29.5 Å². The van der Waals surface area contributed by atoms with Crippen LogP contribution in [0.2, 0.25) is 10.0 Å².